The molecule has 0 unspecified atom stereocenters. The second-order valence-corrected chi connectivity index (χ2v) is 6.35. The van der Waals surface area contributed by atoms with Crippen LogP contribution in [-0.2, 0) is 6.54 Å². The lowest BCUT2D eigenvalue weighted by molar-refractivity contribution is 0.0950. The number of anilines is 2. The Labute approximate surface area is 159 Å². The predicted molar refractivity (Wildman–Crippen MR) is 108 cm³/mol. The summed E-state index contributed by atoms with van der Waals surface area (Å²) in [5.74, 6) is 1.34. The molecule has 3 rings (SSSR count). The van der Waals surface area contributed by atoms with Crippen molar-refractivity contribution in [2.45, 2.75) is 20.4 Å². The Morgan fingerprint density at radius 1 is 1.00 bits per heavy atom. The monoisotopic (exact) mass is 361 g/mol. The number of carbonyl (C=O) groups excluding carboxylic acids is 1. The van der Waals surface area contributed by atoms with Gasteiger partial charge in [0.2, 0.25) is 0 Å². The summed E-state index contributed by atoms with van der Waals surface area (Å²) in [6.45, 7) is 4.55. The minimum absolute atomic E-state index is 0.156. The summed E-state index contributed by atoms with van der Waals surface area (Å²) < 4.78 is 5.13. The fourth-order valence-corrected chi connectivity index (χ4v) is 2.77. The fourth-order valence-electron chi connectivity index (χ4n) is 2.77. The first-order chi connectivity index (χ1) is 13.1. The lowest BCUT2D eigenvalue weighted by atomic mass is 10.1. The van der Waals surface area contributed by atoms with E-state index >= 15 is 0 Å². The number of ether oxygens (including phenoxy) is 1. The minimum Gasteiger partial charge on any atom is -0.497 e. The number of hydrogen-bond acceptors (Lipinski definition) is 4. The summed E-state index contributed by atoms with van der Waals surface area (Å²) in [4.78, 5) is 16.7. The van der Waals surface area contributed by atoms with E-state index in [0.717, 1.165) is 28.1 Å². The molecule has 1 amide bonds. The molecular weight excluding hydrogens is 338 g/mol. The van der Waals surface area contributed by atoms with Crippen LogP contribution in [0.5, 0.6) is 5.75 Å². The highest BCUT2D eigenvalue weighted by atomic mass is 16.5. The van der Waals surface area contributed by atoms with Gasteiger partial charge in [0.05, 0.1) is 12.7 Å². The van der Waals surface area contributed by atoms with Crippen LogP contribution >= 0.6 is 0 Å². The van der Waals surface area contributed by atoms with Crippen LogP contribution in [0.25, 0.3) is 0 Å². The van der Waals surface area contributed by atoms with Gasteiger partial charge < -0.3 is 15.4 Å². The number of carbonyl (C=O) groups is 1. The van der Waals surface area contributed by atoms with Crippen LogP contribution in [0.2, 0.25) is 0 Å². The van der Waals surface area contributed by atoms with Crippen molar-refractivity contribution in [2.75, 3.05) is 12.4 Å². The van der Waals surface area contributed by atoms with Gasteiger partial charge in [0.25, 0.3) is 5.91 Å². The molecule has 5 heteroatoms. The maximum atomic E-state index is 12.3. The third-order valence-corrected chi connectivity index (χ3v) is 4.37. The van der Waals surface area contributed by atoms with E-state index in [-0.39, 0.29) is 5.91 Å². The summed E-state index contributed by atoms with van der Waals surface area (Å²) in [6, 6.07) is 17.3. The molecule has 5 nitrogen and oxygen atoms in total. The van der Waals surface area contributed by atoms with Crippen LogP contribution in [0.1, 0.15) is 27.0 Å². The van der Waals surface area contributed by atoms with Crippen molar-refractivity contribution in [1.29, 1.82) is 0 Å². The molecule has 2 aromatic carbocycles. The molecule has 0 saturated carbocycles. The summed E-state index contributed by atoms with van der Waals surface area (Å²) in [6.07, 6.45) is 1.58. The minimum atomic E-state index is -0.156. The average Bonchev–Trinajstić information content (AvgIpc) is 2.70. The van der Waals surface area contributed by atoms with Crippen molar-refractivity contribution in [3.63, 3.8) is 0 Å². The number of aryl methyl sites for hydroxylation is 2. The number of hydrogen-bond donors (Lipinski definition) is 2. The molecule has 0 aliphatic rings. The topological polar surface area (TPSA) is 63.2 Å². The van der Waals surface area contributed by atoms with E-state index in [4.69, 9.17) is 4.74 Å². The number of benzene rings is 2. The zero-order chi connectivity index (χ0) is 19.2. The van der Waals surface area contributed by atoms with E-state index in [9.17, 15) is 4.79 Å². The molecule has 0 bridgehead atoms. The van der Waals surface area contributed by atoms with Gasteiger partial charge in [-0.1, -0.05) is 30.3 Å². The number of aromatic nitrogens is 1. The Hall–Kier alpha value is -3.34. The molecule has 0 aliphatic heterocycles. The van der Waals surface area contributed by atoms with Gasteiger partial charge in [-0.3, -0.25) is 4.79 Å². The molecule has 3 aromatic rings. The molecule has 0 spiro atoms. The molecule has 1 aromatic heterocycles. The number of methoxy groups -OCH3 is 1. The molecule has 0 aliphatic carbocycles. The van der Waals surface area contributed by atoms with E-state index in [1.807, 2.05) is 36.4 Å². The second kappa shape index (κ2) is 8.36. The number of pyridine rings is 1. The first-order valence-electron chi connectivity index (χ1n) is 8.77. The maximum absolute atomic E-state index is 12.3. The number of nitrogens with one attached hydrogen (secondary N) is 2. The van der Waals surface area contributed by atoms with Crippen LogP contribution < -0.4 is 15.4 Å². The molecule has 2 N–H and O–H groups in total. The zero-order valence-corrected chi connectivity index (χ0v) is 15.7. The molecule has 0 radical (unpaired) electrons. The van der Waals surface area contributed by atoms with Gasteiger partial charge in [-0.25, -0.2) is 4.98 Å². The SMILES string of the molecule is COc1ccc(CNC(=O)c2ccc(Nc3c(C)cccc3C)nc2)cc1. The summed E-state index contributed by atoms with van der Waals surface area (Å²) in [7, 11) is 1.63. The van der Waals surface area contributed by atoms with Gasteiger partial charge >= 0.3 is 0 Å². The number of rotatable bonds is 6. The van der Waals surface area contributed by atoms with E-state index in [2.05, 4.69) is 41.6 Å². The highest BCUT2D eigenvalue weighted by molar-refractivity contribution is 5.94. The molecule has 27 heavy (non-hydrogen) atoms. The molecular formula is C22H23N3O2. The Bertz CT molecular complexity index is 899. The van der Waals surface area contributed by atoms with Gasteiger partial charge in [0, 0.05) is 18.4 Å². The molecule has 0 atom stereocenters. The van der Waals surface area contributed by atoms with Crippen LogP contribution in [0.3, 0.4) is 0 Å². The van der Waals surface area contributed by atoms with E-state index < -0.39 is 0 Å². The first kappa shape index (κ1) is 18.5. The second-order valence-electron chi connectivity index (χ2n) is 6.35. The molecule has 0 fully saturated rings. The third kappa shape index (κ3) is 4.64. The van der Waals surface area contributed by atoms with Crippen molar-refractivity contribution in [3.05, 3.63) is 83.0 Å². The van der Waals surface area contributed by atoms with Crippen molar-refractivity contribution < 1.29 is 9.53 Å². The summed E-state index contributed by atoms with van der Waals surface area (Å²) in [5, 5.41) is 6.22. The standard InChI is InChI=1S/C22H23N3O2/c1-15-5-4-6-16(2)21(15)25-20-12-9-18(14-23-20)22(26)24-13-17-7-10-19(27-3)11-8-17/h4-12,14H,13H2,1-3H3,(H,23,25)(H,24,26). The van der Waals surface area contributed by atoms with Crippen molar-refractivity contribution in [3.8, 4) is 5.75 Å². The largest absolute Gasteiger partial charge is 0.497 e. The predicted octanol–water partition coefficient (Wildman–Crippen LogP) is 4.38. The molecule has 138 valence electrons. The van der Waals surface area contributed by atoms with Crippen LogP contribution in [0.15, 0.2) is 60.8 Å². The van der Waals surface area contributed by atoms with Crippen molar-refractivity contribution in [1.82, 2.24) is 10.3 Å². The molecule has 1 heterocycles. The highest BCUT2D eigenvalue weighted by Crippen LogP contribution is 2.23. The average molecular weight is 361 g/mol. The van der Waals surface area contributed by atoms with Crippen LogP contribution in [0.4, 0.5) is 11.5 Å². The normalized spacial score (nSPS) is 10.3. The summed E-state index contributed by atoms with van der Waals surface area (Å²) >= 11 is 0. The van der Waals surface area contributed by atoms with E-state index in [0.29, 0.717) is 17.9 Å². The van der Waals surface area contributed by atoms with Crippen LogP contribution in [0, 0.1) is 13.8 Å². The Balaban J connectivity index is 1.61. The first-order valence-corrected chi connectivity index (χ1v) is 8.77. The van der Waals surface area contributed by atoms with Gasteiger partial charge in [-0.15, -0.1) is 0 Å². The Morgan fingerprint density at radius 2 is 1.70 bits per heavy atom. The molecule has 0 saturated heterocycles. The number of nitrogens with zero attached hydrogens (tertiary/aromatic N) is 1. The van der Waals surface area contributed by atoms with E-state index in [1.54, 1.807) is 19.4 Å². The quantitative estimate of drug-likeness (QED) is 0.684. The maximum Gasteiger partial charge on any atom is 0.253 e. The number of amides is 1. The van der Waals surface area contributed by atoms with Crippen molar-refractivity contribution >= 4 is 17.4 Å². The van der Waals surface area contributed by atoms with Crippen molar-refractivity contribution in [2.24, 2.45) is 0 Å². The van der Waals surface area contributed by atoms with Gasteiger partial charge in [-0.05, 0) is 54.8 Å². The Morgan fingerprint density at radius 3 is 2.30 bits per heavy atom. The fraction of sp³-hybridized carbons (Fsp3) is 0.182. The summed E-state index contributed by atoms with van der Waals surface area (Å²) in [5.41, 5.74) is 4.87. The lowest BCUT2D eigenvalue weighted by Crippen LogP contribution is -2.22. The third-order valence-electron chi connectivity index (χ3n) is 4.37. The number of para-hydroxylation sites is 1. The zero-order valence-electron chi connectivity index (χ0n) is 15.7. The lowest BCUT2D eigenvalue weighted by Gasteiger charge is -2.12. The van der Waals surface area contributed by atoms with Gasteiger partial charge in [0.1, 0.15) is 11.6 Å². The Kier molecular flexibility index (Phi) is 5.71. The van der Waals surface area contributed by atoms with E-state index in [1.165, 1.54) is 0 Å². The highest BCUT2D eigenvalue weighted by Gasteiger charge is 2.08. The van der Waals surface area contributed by atoms with Gasteiger partial charge in [-0.2, -0.15) is 0 Å². The smallest absolute Gasteiger partial charge is 0.253 e. The van der Waals surface area contributed by atoms with Gasteiger partial charge in [0.15, 0.2) is 0 Å². The van der Waals surface area contributed by atoms with Crippen LogP contribution in [-0.4, -0.2) is 18.0 Å².